The van der Waals surface area contributed by atoms with Crippen molar-refractivity contribution in [1.82, 2.24) is 4.90 Å². The van der Waals surface area contributed by atoms with Gasteiger partial charge in [0, 0.05) is 18.2 Å². The minimum Gasteiger partial charge on any atom is -0.489 e. The van der Waals surface area contributed by atoms with Gasteiger partial charge in [-0.15, -0.1) is 0 Å². The number of ether oxygens (including phenoxy) is 1. The minimum atomic E-state index is -0.0726. The Kier molecular flexibility index (Phi) is 4.85. The summed E-state index contributed by atoms with van der Waals surface area (Å²) in [5.74, 6) is 0.872. The van der Waals surface area contributed by atoms with Crippen molar-refractivity contribution in [2.45, 2.75) is 38.8 Å². The van der Waals surface area contributed by atoms with Crippen molar-refractivity contribution in [3.05, 3.63) is 53.5 Å². The maximum atomic E-state index is 12.7. The first kappa shape index (κ1) is 16.1. The van der Waals surface area contributed by atoms with E-state index in [0.717, 1.165) is 31.4 Å². The van der Waals surface area contributed by atoms with Gasteiger partial charge in [0.2, 0.25) is 0 Å². The van der Waals surface area contributed by atoms with Crippen LogP contribution in [0.2, 0.25) is 0 Å². The largest absolute Gasteiger partial charge is 0.489 e. The number of carbonyl (C=O) groups excluding carboxylic acids is 1. The van der Waals surface area contributed by atoms with Crippen LogP contribution in [0.25, 0.3) is 0 Å². The van der Waals surface area contributed by atoms with Gasteiger partial charge in [0.1, 0.15) is 12.4 Å². The number of carbonyl (C=O) groups is 1. The summed E-state index contributed by atoms with van der Waals surface area (Å²) >= 11 is 0. The lowest BCUT2D eigenvalue weighted by molar-refractivity contribution is 0.0599. The van der Waals surface area contributed by atoms with Crippen LogP contribution in [0.1, 0.15) is 47.9 Å². The molecule has 0 spiro atoms. The second kappa shape index (κ2) is 7.22. The Morgan fingerprint density at radius 2 is 2.29 bits per heavy atom. The number of nitrogens with zero attached hydrogens (tertiary/aromatic N) is 2. The third kappa shape index (κ3) is 3.43. The van der Waals surface area contributed by atoms with Crippen LogP contribution in [-0.4, -0.2) is 23.4 Å². The number of nitriles is 1. The number of rotatable bonds is 4. The zero-order valence-electron chi connectivity index (χ0n) is 13.7. The van der Waals surface area contributed by atoms with Crippen LogP contribution in [0.4, 0.5) is 0 Å². The van der Waals surface area contributed by atoms with E-state index in [1.54, 1.807) is 30.3 Å². The molecule has 0 bridgehead atoms. The SMILES string of the molecule is C[C@@H]1CCCCN1C(=O)c1occc1COc1cccc(C#N)c1. The van der Waals surface area contributed by atoms with Crippen LogP contribution in [-0.2, 0) is 6.61 Å². The highest BCUT2D eigenvalue weighted by Crippen LogP contribution is 2.23. The van der Waals surface area contributed by atoms with Gasteiger partial charge >= 0.3 is 0 Å². The van der Waals surface area contributed by atoms with Crippen LogP contribution in [0.15, 0.2) is 41.0 Å². The molecule has 1 aliphatic heterocycles. The summed E-state index contributed by atoms with van der Waals surface area (Å²) in [5, 5.41) is 8.93. The lowest BCUT2D eigenvalue weighted by atomic mass is 10.0. The summed E-state index contributed by atoms with van der Waals surface area (Å²) in [7, 11) is 0. The summed E-state index contributed by atoms with van der Waals surface area (Å²) in [4.78, 5) is 14.6. The number of amides is 1. The smallest absolute Gasteiger partial charge is 0.290 e. The van der Waals surface area contributed by atoms with E-state index < -0.39 is 0 Å². The number of piperidine rings is 1. The highest BCUT2D eigenvalue weighted by Gasteiger charge is 2.28. The van der Waals surface area contributed by atoms with Gasteiger partial charge in [-0.25, -0.2) is 0 Å². The fourth-order valence-corrected chi connectivity index (χ4v) is 2.98. The van der Waals surface area contributed by atoms with Crippen molar-refractivity contribution in [2.75, 3.05) is 6.54 Å². The molecule has 1 aromatic heterocycles. The summed E-state index contributed by atoms with van der Waals surface area (Å²) < 4.78 is 11.2. The average Bonchev–Trinajstić information content (AvgIpc) is 3.08. The standard InChI is InChI=1S/C19H20N2O3/c1-14-5-2-3-9-21(14)19(22)18-16(8-10-23-18)13-24-17-7-4-6-15(11-17)12-20/h4,6-8,10-11,14H,2-3,5,9,13H2,1H3/t14-/m1/s1. The molecule has 1 aliphatic rings. The lowest BCUT2D eigenvalue weighted by Gasteiger charge is -2.32. The fraction of sp³-hybridized carbons (Fsp3) is 0.368. The quantitative estimate of drug-likeness (QED) is 0.859. The van der Waals surface area contributed by atoms with E-state index in [2.05, 4.69) is 13.0 Å². The van der Waals surface area contributed by atoms with Gasteiger partial charge in [0.15, 0.2) is 5.76 Å². The van der Waals surface area contributed by atoms with Crippen LogP contribution < -0.4 is 4.74 Å². The van der Waals surface area contributed by atoms with Crippen LogP contribution in [0, 0.1) is 11.3 Å². The van der Waals surface area contributed by atoms with E-state index in [0.29, 0.717) is 17.1 Å². The molecule has 1 atom stereocenters. The van der Waals surface area contributed by atoms with Crippen molar-refractivity contribution in [3.8, 4) is 11.8 Å². The first-order valence-corrected chi connectivity index (χ1v) is 8.19. The molecule has 2 heterocycles. The molecule has 1 aromatic carbocycles. The molecule has 1 fully saturated rings. The van der Waals surface area contributed by atoms with Crippen molar-refractivity contribution in [2.24, 2.45) is 0 Å². The summed E-state index contributed by atoms with van der Waals surface area (Å²) in [6, 6.07) is 11.0. The average molecular weight is 324 g/mol. The van der Waals surface area contributed by atoms with E-state index in [9.17, 15) is 4.79 Å². The lowest BCUT2D eigenvalue weighted by Crippen LogP contribution is -2.42. The summed E-state index contributed by atoms with van der Waals surface area (Å²) in [6.45, 7) is 3.07. The molecule has 24 heavy (non-hydrogen) atoms. The molecule has 5 nitrogen and oxygen atoms in total. The molecule has 0 saturated carbocycles. The normalized spacial score (nSPS) is 17.3. The molecule has 0 unspecified atom stereocenters. The second-order valence-electron chi connectivity index (χ2n) is 6.05. The molecule has 124 valence electrons. The topological polar surface area (TPSA) is 66.5 Å². The predicted octanol–water partition coefficient (Wildman–Crippen LogP) is 3.74. The summed E-state index contributed by atoms with van der Waals surface area (Å²) in [6.07, 6.45) is 4.74. The van der Waals surface area contributed by atoms with E-state index >= 15 is 0 Å². The van der Waals surface area contributed by atoms with Crippen LogP contribution >= 0.6 is 0 Å². The molecule has 1 amide bonds. The number of furan rings is 1. The Balaban J connectivity index is 1.71. The van der Waals surface area contributed by atoms with Crippen molar-refractivity contribution >= 4 is 5.91 Å². The Morgan fingerprint density at radius 3 is 3.08 bits per heavy atom. The van der Waals surface area contributed by atoms with Gasteiger partial charge < -0.3 is 14.1 Å². The van der Waals surface area contributed by atoms with Crippen LogP contribution in [0.5, 0.6) is 5.75 Å². The Labute approximate surface area is 141 Å². The van der Waals surface area contributed by atoms with Gasteiger partial charge in [-0.05, 0) is 50.5 Å². The molecular formula is C19H20N2O3. The third-order valence-electron chi connectivity index (χ3n) is 4.36. The zero-order chi connectivity index (χ0) is 16.9. The van der Waals surface area contributed by atoms with Gasteiger partial charge in [0.05, 0.1) is 17.9 Å². The Bertz CT molecular complexity index is 760. The molecule has 3 rings (SSSR count). The highest BCUT2D eigenvalue weighted by molar-refractivity contribution is 5.93. The Morgan fingerprint density at radius 1 is 1.42 bits per heavy atom. The highest BCUT2D eigenvalue weighted by atomic mass is 16.5. The molecule has 0 radical (unpaired) electrons. The third-order valence-corrected chi connectivity index (χ3v) is 4.36. The maximum Gasteiger partial charge on any atom is 0.290 e. The van der Waals surface area contributed by atoms with Gasteiger partial charge in [-0.3, -0.25) is 4.79 Å². The van der Waals surface area contributed by atoms with E-state index in [-0.39, 0.29) is 18.6 Å². The molecule has 1 saturated heterocycles. The van der Waals surface area contributed by atoms with Crippen molar-refractivity contribution in [3.63, 3.8) is 0 Å². The Hall–Kier alpha value is -2.74. The van der Waals surface area contributed by atoms with Crippen molar-refractivity contribution in [1.29, 1.82) is 5.26 Å². The van der Waals surface area contributed by atoms with Gasteiger partial charge in [-0.2, -0.15) is 5.26 Å². The van der Waals surface area contributed by atoms with E-state index in [1.165, 1.54) is 6.26 Å². The molecular weight excluding hydrogens is 304 g/mol. The monoisotopic (exact) mass is 324 g/mol. The van der Waals surface area contributed by atoms with E-state index in [1.807, 2.05) is 4.90 Å². The van der Waals surface area contributed by atoms with Crippen molar-refractivity contribution < 1.29 is 13.9 Å². The molecule has 0 N–H and O–H groups in total. The maximum absolute atomic E-state index is 12.7. The molecule has 0 aliphatic carbocycles. The number of likely N-dealkylation sites (tertiary alicyclic amines) is 1. The zero-order valence-corrected chi connectivity index (χ0v) is 13.7. The first-order chi connectivity index (χ1) is 11.7. The molecule has 2 aromatic rings. The van der Waals surface area contributed by atoms with Crippen LogP contribution in [0.3, 0.4) is 0 Å². The predicted molar refractivity (Wildman–Crippen MR) is 88.5 cm³/mol. The minimum absolute atomic E-state index is 0.0726. The number of hydrogen-bond donors (Lipinski definition) is 0. The summed E-state index contributed by atoms with van der Waals surface area (Å²) in [5.41, 5.74) is 1.26. The van der Waals surface area contributed by atoms with E-state index in [4.69, 9.17) is 14.4 Å². The number of benzene rings is 1. The van der Waals surface area contributed by atoms with Gasteiger partial charge in [-0.1, -0.05) is 6.07 Å². The number of hydrogen-bond acceptors (Lipinski definition) is 4. The first-order valence-electron chi connectivity index (χ1n) is 8.19. The fourth-order valence-electron chi connectivity index (χ4n) is 2.98. The molecule has 5 heteroatoms. The van der Waals surface area contributed by atoms with Gasteiger partial charge in [0.25, 0.3) is 5.91 Å². The second-order valence-corrected chi connectivity index (χ2v) is 6.05.